The van der Waals surface area contributed by atoms with Gasteiger partial charge in [-0.3, -0.25) is 14.3 Å². The number of anilines is 2. The van der Waals surface area contributed by atoms with E-state index in [1.54, 1.807) is 36.1 Å². The van der Waals surface area contributed by atoms with Crippen molar-refractivity contribution >= 4 is 31.5 Å². The van der Waals surface area contributed by atoms with Crippen LogP contribution in [0, 0.1) is 5.92 Å². The molecule has 15 nitrogen and oxygen atoms in total. The second-order valence-corrected chi connectivity index (χ2v) is 17.7. The first-order valence-electron chi connectivity index (χ1n) is 16.3. The summed E-state index contributed by atoms with van der Waals surface area (Å²) in [5.41, 5.74) is 0.969. The molecule has 16 heteroatoms. The van der Waals surface area contributed by atoms with Crippen molar-refractivity contribution in [3.05, 3.63) is 71.5 Å². The molecule has 1 spiro atoms. The van der Waals surface area contributed by atoms with E-state index < -0.39 is 62.6 Å². The van der Waals surface area contributed by atoms with Gasteiger partial charge in [-0.25, -0.2) is 0 Å². The van der Waals surface area contributed by atoms with E-state index in [4.69, 9.17) is 9.47 Å². The van der Waals surface area contributed by atoms with Crippen molar-refractivity contribution < 1.29 is 49.4 Å². The van der Waals surface area contributed by atoms with E-state index in [1.165, 1.54) is 4.90 Å². The lowest BCUT2D eigenvalue weighted by Crippen LogP contribution is -2.60. The van der Waals surface area contributed by atoms with Gasteiger partial charge in [0.05, 0.1) is 30.0 Å². The minimum atomic E-state index is -2.96. The molecule has 2 saturated heterocycles. The largest absolute Gasteiger partial charge is 0.432 e. The average molecular weight is 698 g/mol. The Morgan fingerprint density at radius 1 is 1.08 bits per heavy atom. The monoisotopic (exact) mass is 697 g/mol. The van der Waals surface area contributed by atoms with Gasteiger partial charge >= 0.3 is 0 Å². The molecule has 2 aromatic carbocycles. The molecule has 264 valence electrons. The molecule has 7 N–H and O–H groups in total. The van der Waals surface area contributed by atoms with E-state index in [1.807, 2.05) is 50.3 Å². The van der Waals surface area contributed by atoms with Gasteiger partial charge in [0.2, 0.25) is 0 Å². The summed E-state index contributed by atoms with van der Waals surface area (Å²) >= 11 is 0. The number of fused-ring (bicyclic) bond motifs is 2. The molecule has 3 aliphatic heterocycles. The first-order chi connectivity index (χ1) is 23.2. The van der Waals surface area contributed by atoms with E-state index in [2.05, 4.69) is 15.6 Å². The quantitative estimate of drug-likeness (QED) is 0.147. The molecule has 0 saturated carbocycles. The Morgan fingerprint density at radius 2 is 1.80 bits per heavy atom. The van der Waals surface area contributed by atoms with Crippen LogP contribution in [0.2, 0.25) is 18.6 Å². The molecule has 6 rings (SSSR count). The molecule has 2 amide bonds. The van der Waals surface area contributed by atoms with Crippen LogP contribution < -0.4 is 10.2 Å². The number of nitrogens with one attached hydrogen (secondary N) is 1. The molecule has 0 bridgehead atoms. The number of hydrogen-bond donors (Lipinski definition) is 7. The summed E-state index contributed by atoms with van der Waals surface area (Å²) in [6.07, 6.45) is -7.35. The molecule has 0 radical (unpaired) electrons. The smallest absolute Gasteiger partial charge is 0.264 e. The Kier molecular flexibility index (Phi) is 9.55. The van der Waals surface area contributed by atoms with Crippen molar-refractivity contribution in [2.24, 2.45) is 5.92 Å². The maximum absolute atomic E-state index is 14.1. The highest BCUT2D eigenvalue weighted by atomic mass is 28.4. The SMILES string of the molecule is C[C@H]1[C@H]([Si](C)(C)O)[C@@H](CCn2cc(C(CO)c3ccccc3)nn2)O[C@]12C(=O)N(C)c1ccc(NC(=O)[C@H]3O[C@@H](O)[C@H](O)[C@@H](O)[C@@H]3O)cc12. The molecule has 49 heavy (non-hydrogen) atoms. The lowest BCUT2D eigenvalue weighted by Gasteiger charge is -2.37. The van der Waals surface area contributed by atoms with Crippen LogP contribution in [0.5, 0.6) is 0 Å². The summed E-state index contributed by atoms with van der Waals surface area (Å²) in [6.45, 7) is 5.76. The van der Waals surface area contributed by atoms with Crippen molar-refractivity contribution in [3.63, 3.8) is 0 Å². The van der Waals surface area contributed by atoms with Crippen LogP contribution in [-0.2, 0) is 31.2 Å². The van der Waals surface area contributed by atoms with Crippen LogP contribution >= 0.6 is 0 Å². The third-order valence-corrected chi connectivity index (χ3v) is 12.7. The Hall–Kier alpha value is -3.58. The lowest BCUT2D eigenvalue weighted by atomic mass is 9.82. The molecular weight excluding hydrogens is 654 g/mol. The van der Waals surface area contributed by atoms with Crippen molar-refractivity contribution in [2.75, 3.05) is 23.9 Å². The summed E-state index contributed by atoms with van der Waals surface area (Å²) in [6, 6.07) is 14.4. The Morgan fingerprint density at radius 3 is 2.47 bits per heavy atom. The number of amides is 2. The highest BCUT2D eigenvalue weighted by Gasteiger charge is 2.65. The molecule has 2 fully saturated rings. The zero-order chi connectivity index (χ0) is 35.4. The normalized spacial score (nSPS) is 32.0. The number of carbonyl (C=O) groups excluding carboxylic acids is 2. The van der Waals surface area contributed by atoms with Gasteiger partial charge in [-0.1, -0.05) is 42.5 Å². The molecular formula is C33H43N5O10Si. The first-order valence-corrected chi connectivity index (χ1v) is 19.3. The van der Waals surface area contributed by atoms with Crippen molar-refractivity contribution in [1.29, 1.82) is 0 Å². The van der Waals surface area contributed by atoms with Gasteiger partial charge in [0.1, 0.15) is 18.3 Å². The van der Waals surface area contributed by atoms with E-state index in [0.717, 1.165) is 5.56 Å². The summed E-state index contributed by atoms with van der Waals surface area (Å²) in [7, 11) is -1.33. The van der Waals surface area contributed by atoms with Crippen LogP contribution in [0.25, 0.3) is 0 Å². The second kappa shape index (κ2) is 13.3. The van der Waals surface area contributed by atoms with Crippen LogP contribution in [0.3, 0.4) is 0 Å². The van der Waals surface area contributed by atoms with E-state index >= 15 is 0 Å². The van der Waals surface area contributed by atoms with Crippen LogP contribution in [0.15, 0.2) is 54.7 Å². The fraction of sp³-hybridized carbons (Fsp3) is 0.515. The van der Waals surface area contributed by atoms with Gasteiger partial charge in [-0.15, -0.1) is 5.10 Å². The van der Waals surface area contributed by atoms with E-state index in [9.17, 15) is 39.9 Å². The molecule has 0 aliphatic carbocycles. The average Bonchev–Trinajstić information content (AvgIpc) is 3.72. The maximum Gasteiger partial charge on any atom is 0.264 e. The summed E-state index contributed by atoms with van der Waals surface area (Å²) in [5.74, 6) is -2.01. The van der Waals surface area contributed by atoms with Crippen LogP contribution in [0.1, 0.15) is 36.1 Å². The fourth-order valence-electron chi connectivity index (χ4n) is 7.72. The molecule has 1 aromatic heterocycles. The molecule has 3 aromatic rings. The predicted molar refractivity (Wildman–Crippen MR) is 177 cm³/mol. The summed E-state index contributed by atoms with van der Waals surface area (Å²) < 4.78 is 13.5. The lowest BCUT2D eigenvalue weighted by molar-refractivity contribution is -0.274. The van der Waals surface area contributed by atoms with Crippen molar-refractivity contribution in [1.82, 2.24) is 15.0 Å². The van der Waals surface area contributed by atoms with Crippen molar-refractivity contribution in [3.8, 4) is 0 Å². The summed E-state index contributed by atoms with van der Waals surface area (Å²) in [4.78, 5) is 40.3. The van der Waals surface area contributed by atoms with Gasteiger partial charge in [0, 0.05) is 42.5 Å². The van der Waals surface area contributed by atoms with Crippen LogP contribution in [0.4, 0.5) is 11.4 Å². The zero-order valence-corrected chi connectivity index (χ0v) is 28.6. The van der Waals surface area contributed by atoms with Crippen LogP contribution in [-0.4, -0.2) is 116 Å². The number of carbonyl (C=O) groups is 2. The first kappa shape index (κ1) is 35.3. The second-order valence-electron chi connectivity index (χ2n) is 13.7. The third kappa shape index (κ3) is 6.10. The minimum absolute atomic E-state index is 0.139. The zero-order valence-electron chi connectivity index (χ0n) is 27.6. The van der Waals surface area contributed by atoms with Gasteiger partial charge in [-0.05, 0) is 43.3 Å². The van der Waals surface area contributed by atoms with Gasteiger partial charge in [-0.2, -0.15) is 0 Å². The number of aliphatic hydroxyl groups is 5. The summed E-state index contributed by atoms with van der Waals surface area (Å²) in [5, 5.41) is 61.4. The Balaban J connectivity index is 1.25. The number of ether oxygens (including phenoxy) is 2. The fourth-order valence-corrected chi connectivity index (χ4v) is 10.3. The highest BCUT2D eigenvalue weighted by molar-refractivity contribution is 6.71. The number of aryl methyl sites for hydroxylation is 1. The standard InChI is InChI=1S/C33H43N5O10Si/c1-17-29(49(3,4)46)24(12-13-38-15-22(35-36-38)20(16-39)18-8-6-5-7-9-18)48-33(17)21-14-19(10-11-23(21)37(2)32(33)45)34-30(43)28-26(41)25(40)27(42)31(44)47-28/h5-11,14-15,17,20,24-29,31,39-42,44,46H,12-13,16H2,1-4H3,(H,34,43)/t17-,20?,24+,25-,26-,27+,28-,29-,31+,33+/m0/s1. The van der Waals surface area contributed by atoms with E-state index in [-0.39, 0.29) is 29.7 Å². The number of aliphatic hydroxyl groups excluding tert-OH is 5. The molecule has 1 unspecified atom stereocenters. The number of likely N-dealkylation sites (N-methyl/N-ethyl adjacent to an activating group) is 1. The number of aromatic nitrogens is 3. The third-order valence-electron chi connectivity index (χ3n) is 10.2. The molecule has 4 heterocycles. The maximum atomic E-state index is 14.1. The Labute approximate surface area is 283 Å². The Bertz CT molecular complexity index is 1690. The number of nitrogens with zero attached hydrogens (tertiary/aromatic N) is 4. The van der Waals surface area contributed by atoms with Gasteiger partial charge < -0.3 is 50.0 Å². The topological polar surface area (TPSA) is 220 Å². The van der Waals surface area contributed by atoms with Gasteiger partial charge in [0.15, 0.2) is 26.3 Å². The number of benzene rings is 2. The van der Waals surface area contributed by atoms with Gasteiger partial charge in [0.25, 0.3) is 11.8 Å². The highest BCUT2D eigenvalue weighted by Crippen LogP contribution is 2.59. The molecule has 10 atom stereocenters. The molecule has 3 aliphatic rings. The minimum Gasteiger partial charge on any atom is -0.432 e. The number of hydrogen-bond acceptors (Lipinski definition) is 12. The number of rotatable bonds is 9. The predicted octanol–water partition coefficient (Wildman–Crippen LogP) is 0.00520. The van der Waals surface area contributed by atoms with Crippen molar-refractivity contribution in [2.45, 2.75) is 86.9 Å². The van der Waals surface area contributed by atoms with E-state index in [0.29, 0.717) is 29.9 Å².